The van der Waals surface area contributed by atoms with E-state index >= 15 is 0 Å². The molecule has 0 bridgehead atoms. The summed E-state index contributed by atoms with van der Waals surface area (Å²) in [5.74, 6) is -0.0216. The molecule has 36 heavy (non-hydrogen) atoms. The normalized spacial score (nSPS) is 11.8. The molecule has 0 fully saturated rings. The quantitative estimate of drug-likeness (QED) is 0.371. The number of carbonyl (C=O) groups excluding carboxylic acids is 1. The molecule has 1 unspecified atom stereocenters. The lowest BCUT2D eigenvalue weighted by Crippen LogP contribution is -2.30. The third-order valence-corrected chi connectivity index (χ3v) is 5.72. The first-order valence-electron chi connectivity index (χ1n) is 11.4. The monoisotopic (exact) mass is 489 g/mol. The molecule has 0 aliphatic heterocycles. The number of benzene rings is 3. The SMILES string of the molecule is Cc1cc(OC(C)C(N)=O)cc(C)c1-c1cccc(COc2ccc(Cn3oc(=O)[nH]c3=O)cc2)c1. The van der Waals surface area contributed by atoms with Crippen LogP contribution in [0.3, 0.4) is 0 Å². The predicted octanol–water partition coefficient (Wildman–Crippen LogP) is 3.29. The summed E-state index contributed by atoms with van der Waals surface area (Å²) in [5, 5.41) is 0. The van der Waals surface area contributed by atoms with Crippen molar-refractivity contribution in [3.05, 3.63) is 104 Å². The fourth-order valence-corrected chi connectivity index (χ4v) is 3.97. The summed E-state index contributed by atoms with van der Waals surface area (Å²) < 4.78 is 17.4. The van der Waals surface area contributed by atoms with E-state index < -0.39 is 23.5 Å². The Morgan fingerprint density at radius 2 is 1.69 bits per heavy atom. The molecule has 0 radical (unpaired) electrons. The highest BCUT2D eigenvalue weighted by molar-refractivity contribution is 5.79. The smallest absolute Gasteiger partial charge is 0.440 e. The lowest BCUT2D eigenvalue weighted by molar-refractivity contribution is -0.123. The summed E-state index contributed by atoms with van der Waals surface area (Å²) >= 11 is 0. The molecular formula is C27H27N3O6. The van der Waals surface area contributed by atoms with Gasteiger partial charge in [-0.25, -0.2) is 14.6 Å². The van der Waals surface area contributed by atoms with Crippen LogP contribution in [0.5, 0.6) is 11.5 Å². The van der Waals surface area contributed by atoms with Crippen LogP contribution in [0.1, 0.15) is 29.2 Å². The highest BCUT2D eigenvalue weighted by Crippen LogP contribution is 2.32. The van der Waals surface area contributed by atoms with Crippen molar-refractivity contribution in [2.45, 2.75) is 40.0 Å². The van der Waals surface area contributed by atoms with Gasteiger partial charge in [0.1, 0.15) is 18.1 Å². The number of nitrogens with one attached hydrogen (secondary N) is 1. The number of primary amides is 1. The molecule has 3 aromatic carbocycles. The average molecular weight is 490 g/mol. The Hall–Kier alpha value is -4.53. The van der Waals surface area contributed by atoms with Crippen molar-refractivity contribution in [2.24, 2.45) is 5.73 Å². The molecule has 186 valence electrons. The third kappa shape index (κ3) is 5.75. The number of amides is 1. The largest absolute Gasteiger partial charge is 0.489 e. The number of ether oxygens (including phenoxy) is 2. The topological polar surface area (TPSA) is 130 Å². The van der Waals surface area contributed by atoms with Crippen molar-refractivity contribution in [3.63, 3.8) is 0 Å². The van der Waals surface area contributed by atoms with Gasteiger partial charge in [-0.15, -0.1) is 4.74 Å². The lowest BCUT2D eigenvalue weighted by atomic mass is 9.94. The summed E-state index contributed by atoms with van der Waals surface area (Å²) in [6, 6.07) is 19.1. The molecule has 9 heteroatoms. The molecule has 0 saturated carbocycles. The Morgan fingerprint density at radius 3 is 2.31 bits per heavy atom. The molecule has 1 aromatic heterocycles. The Morgan fingerprint density at radius 1 is 1.00 bits per heavy atom. The molecule has 4 rings (SSSR count). The molecule has 9 nitrogen and oxygen atoms in total. The maximum absolute atomic E-state index is 11.6. The summed E-state index contributed by atoms with van der Waals surface area (Å²) in [4.78, 5) is 36.1. The van der Waals surface area contributed by atoms with E-state index in [-0.39, 0.29) is 6.54 Å². The number of aryl methyl sites for hydroxylation is 2. The molecule has 1 atom stereocenters. The second-order valence-electron chi connectivity index (χ2n) is 8.57. The van der Waals surface area contributed by atoms with Gasteiger partial charge in [0.15, 0.2) is 6.10 Å². The van der Waals surface area contributed by atoms with Crippen molar-refractivity contribution in [1.82, 2.24) is 9.72 Å². The van der Waals surface area contributed by atoms with Crippen LogP contribution in [0.4, 0.5) is 0 Å². The zero-order valence-corrected chi connectivity index (χ0v) is 20.2. The van der Waals surface area contributed by atoms with Crippen LogP contribution in [0.25, 0.3) is 11.1 Å². The zero-order chi connectivity index (χ0) is 25.8. The number of nitrogens with two attached hydrogens (primary N) is 1. The predicted molar refractivity (Wildman–Crippen MR) is 134 cm³/mol. The molecular weight excluding hydrogens is 462 g/mol. The van der Waals surface area contributed by atoms with E-state index in [1.807, 2.05) is 44.2 Å². The van der Waals surface area contributed by atoms with Gasteiger partial charge in [0.05, 0.1) is 6.54 Å². The van der Waals surface area contributed by atoms with Gasteiger partial charge in [-0.05, 0) is 84.5 Å². The van der Waals surface area contributed by atoms with E-state index in [0.717, 1.165) is 38.1 Å². The highest BCUT2D eigenvalue weighted by atomic mass is 16.5. The van der Waals surface area contributed by atoms with Crippen LogP contribution in [0.2, 0.25) is 0 Å². The highest BCUT2D eigenvalue weighted by Gasteiger charge is 2.14. The minimum absolute atomic E-state index is 0.143. The fourth-order valence-electron chi connectivity index (χ4n) is 3.97. The number of aromatic nitrogens is 2. The first-order chi connectivity index (χ1) is 17.2. The van der Waals surface area contributed by atoms with Gasteiger partial charge < -0.3 is 19.7 Å². The number of carbonyl (C=O) groups is 1. The maximum atomic E-state index is 11.6. The van der Waals surface area contributed by atoms with E-state index in [1.54, 1.807) is 31.2 Å². The van der Waals surface area contributed by atoms with Gasteiger partial charge in [-0.2, -0.15) is 0 Å². The third-order valence-electron chi connectivity index (χ3n) is 5.72. The van der Waals surface area contributed by atoms with Gasteiger partial charge in [-0.1, -0.05) is 30.3 Å². The Labute approximate surface area is 207 Å². The number of rotatable bonds is 9. The number of H-pyrrole nitrogens is 1. The summed E-state index contributed by atoms with van der Waals surface area (Å²) in [6.07, 6.45) is -0.707. The van der Waals surface area contributed by atoms with E-state index in [0.29, 0.717) is 18.1 Å². The zero-order valence-electron chi connectivity index (χ0n) is 20.2. The van der Waals surface area contributed by atoms with Crippen LogP contribution >= 0.6 is 0 Å². The van der Waals surface area contributed by atoms with Crippen molar-refractivity contribution in [2.75, 3.05) is 0 Å². The second kappa shape index (κ2) is 10.4. The second-order valence-corrected chi connectivity index (χ2v) is 8.57. The van der Waals surface area contributed by atoms with Crippen molar-refractivity contribution in [3.8, 4) is 22.6 Å². The van der Waals surface area contributed by atoms with Crippen LogP contribution in [0.15, 0.2) is 74.8 Å². The van der Waals surface area contributed by atoms with Crippen LogP contribution in [-0.4, -0.2) is 21.7 Å². The summed E-state index contributed by atoms with van der Waals surface area (Å²) in [7, 11) is 0. The van der Waals surface area contributed by atoms with Crippen LogP contribution in [-0.2, 0) is 17.9 Å². The first-order valence-corrected chi connectivity index (χ1v) is 11.4. The fraction of sp³-hybridized carbons (Fsp3) is 0.222. The standard InChI is InChI=1S/C27H27N3O6/c1-16-11-23(35-18(3)25(28)31)12-17(2)24(16)21-6-4-5-20(13-21)15-34-22-9-7-19(8-10-22)14-30-26(32)29-27(33)36-30/h4-13,18H,14-15H2,1-3H3,(H2,28,31)(H,29,32,33). The Bertz CT molecular complexity index is 1470. The maximum Gasteiger partial charge on any atom is 0.440 e. The molecule has 4 aromatic rings. The van der Waals surface area contributed by atoms with Gasteiger partial charge >= 0.3 is 11.4 Å². The molecule has 1 heterocycles. The summed E-state index contributed by atoms with van der Waals surface area (Å²) in [6.45, 7) is 6.14. The first kappa shape index (κ1) is 24.6. The van der Waals surface area contributed by atoms with Gasteiger partial charge in [-0.3, -0.25) is 4.79 Å². The Kier molecular flexibility index (Phi) is 7.10. The van der Waals surface area contributed by atoms with Crippen LogP contribution in [0, 0.1) is 13.8 Å². The number of hydrogen-bond acceptors (Lipinski definition) is 6. The molecule has 1 amide bonds. The molecule has 0 aliphatic rings. The minimum Gasteiger partial charge on any atom is -0.489 e. The molecule has 3 N–H and O–H groups in total. The number of aromatic amines is 1. The van der Waals surface area contributed by atoms with Crippen molar-refractivity contribution < 1.29 is 18.8 Å². The number of hydrogen-bond donors (Lipinski definition) is 2. The van der Waals surface area contributed by atoms with Crippen LogP contribution < -0.4 is 26.7 Å². The van der Waals surface area contributed by atoms with Crippen molar-refractivity contribution >= 4 is 5.91 Å². The molecule has 0 aliphatic carbocycles. The number of nitrogens with zero attached hydrogens (tertiary/aromatic N) is 1. The molecule has 0 saturated heterocycles. The Balaban J connectivity index is 1.44. The van der Waals surface area contributed by atoms with E-state index in [9.17, 15) is 14.4 Å². The van der Waals surface area contributed by atoms with Gasteiger partial charge in [0.2, 0.25) is 0 Å². The lowest BCUT2D eigenvalue weighted by Gasteiger charge is -2.17. The molecule has 0 spiro atoms. The van der Waals surface area contributed by atoms with E-state index in [1.165, 1.54) is 0 Å². The van der Waals surface area contributed by atoms with E-state index in [2.05, 4.69) is 11.1 Å². The van der Waals surface area contributed by atoms with E-state index in [4.69, 9.17) is 19.7 Å². The van der Waals surface area contributed by atoms with Gasteiger partial charge in [0, 0.05) is 0 Å². The minimum atomic E-state index is -0.783. The van der Waals surface area contributed by atoms with Crippen molar-refractivity contribution in [1.29, 1.82) is 0 Å². The summed E-state index contributed by atoms with van der Waals surface area (Å²) in [5.41, 5.74) is 10.7. The average Bonchev–Trinajstić information content (AvgIpc) is 3.14. The van der Waals surface area contributed by atoms with Gasteiger partial charge in [0.25, 0.3) is 5.91 Å².